The Kier molecular flexibility index (Phi) is 3.96. The van der Waals surface area contributed by atoms with Crippen LogP contribution in [0.4, 0.5) is 10.5 Å². The number of rotatable bonds is 4. The Morgan fingerprint density at radius 3 is 3.00 bits per heavy atom. The molecule has 0 spiro atoms. The molecule has 2 aromatic rings. The fourth-order valence-corrected chi connectivity index (χ4v) is 1.47. The average molecular weight is 245 g/mol. The Hall–Kier alpha value is -2.30. The van der Waals surface area contributed by atoms with Crippen molar-refractivity contribution in [2.24, 2.45) is 0 Å². The molecular formula is C13H15N3O2. The standard InChI is InChI=1S/C13H15N3O2/c1-2-9-18-12-6-4-3-5-11(12)15-13(17)16-8-7-14-10-16/h3-8,10H,2,9H2,1H3,(H,15,17). The fourth-order valence-electron chi connectivity index (χ4n) is 1.47. The highest BCUT2D eigenvalue weighted by atomic mass is 16.5. The van der Waals surface area contributed by atoms with Crippen LogP contribution in [-0.2, 0) is 0 Å². The minimum absolute atomic E-state index is 0.264. The van der Waals surface area contributed by atoms with Crippen LogP contribution in [0.25, 0.3) is 0 Å². The van der Waals surface area contributed by atoms with Gasteiger partial charge < -0.3 is 10.1 Å². The zero-order valence-electron chi connectivity index (χ0n) is 10.2. The largest absolute Gasteiger partial charge is 0.491 e. The molecule has 0 atom stereocenters. The number of ether oxygens (including phenoxy) is 1. The Morgan fingerprint density at radius 2 is 2.28 bits per heavy atom. The van der Waals surface area contributed by atoms with E-state index in [4.69, 9.17) is 4.74 Å². The number of carbonyl (C=O) groups excluding carboxylic acids is 1. The Balaban J connectivity index is 2.11. The minimum Gasteiger partial charge on any atom is -0.491 e. The Labute approximate surface area is 105 Å². The number of hydrogen-bond donors (Lipinski definition) is 1. The van der Waals surface area contributed by atoms with Gasteiger partial charge in [-0.25, -0.2) is 9.78 Å². The lowest BCUT2D eigenvalue weighted by atomic mass is 10.3. The van der Waals surface area contributed by atoms with Crippen molar-refractivity contribution in [3.05, 3.63) is 43.0 Å². The first-order chi connectivity index (χ1) is 8.81. The van der Waals surface area contributed by atoms with Gasteiger partial charge >= 0.3 is 6.03 Å². The number of anilines is 1. The normalized spacial score (nSPS) is 10.1. The molecule has 0 bridgehead atoms. The van der Waals surface area contributed by atoms with Crippen molar-refractivity contribution in [1.29, 1.82) is 0 Å². The van der Waals surface area contributed by atoms with Crippen molar-refractivity contribution in [2.75, 3.05) is 11.9 Å². The van der Waals surface area contributed by atoms with Gasteiger partial charge in [0.15, 0.2) is 0 Å². The van der Waals surface area contributed by atoms with E-state index in [9.17, 15) is 4.79 Å². The van der Waals surface area contributed by atoms with Crippen molar-refractivity contribution in [1.82, 2.24) is 9.55 Å². The van der Waals surface area contributed by atoms with Gasteiger partial charge in [0.1, 0.15) is 12.1 Å². The summed E-state index contributed by atoms with van der Waals surface area (Å²) in [5.41, 5.74) is 0.657. The Morgan fingerprint density at radius 1 is 1.44 bits per heavy atom. The molecule has 94 valence electrons. The number of nitrogens with zero attached hydrogens (tertiary/aromatic N) is 2. The molecule has 0 saturated carbocycles. The van der Waals surface area contributed by atoms with Gasteiger partial charge in [0, 0.05) is 12.4 Å². The predicted molar refractivity (Wildman–Crippen MR) is 68.9 cm³/mol. The van der Waals surface area contributed by atoms with Crippen LogP contribution in [0.5, 0.6) is 5.75 Å². The second-order valence-electron chi connectivity index (χ2n) is 3.74. The lowest BCUT2D eigenvalue weighted by Gasteiger charge is -2.11. The van der Waals surface area contributed by atoms with Crippen LogP contribution in [0.15, 0.2) is 43.0 Å². The molecule has 0 aliphatic carbocycles. The van der Waals surface area contributed by atoms with Crippen LogP contribution in [-0.4, -0.2) is 22.2 Å². The maximum Gasteiger partial charge on any atom is 0.331 e. The first kappa shape index (κ1) is 12.2. The van der Waals surface area contributed by atoms with Gasteiger partial charge in [-0.15, -0.1) is 0 Å². The van der Waals surface area contributed by atoms with Crippen molar-refractivity contribution in [3.8, 4) is 5.75 Å². The van der Waals surface area contributed by atoms with Crippen LogP contribution in [0, 0.1) is 0 Å². The summed E-state index contributed by atoms with van der Waals surface area (Å²) in [5.74, 6) is 0.674. The third-order valence-corrected chi connectivity index (χ3v) is 2.33. The minimum atomic E-state index is -0.264. The summed E-state index contributed by atoms with van der Waals surface area (Å²) in [5, 5.41) is 2.78. The molecule has 0 aliphatic rings. The van der Waals surface area contributed by atoms with E-state index in [0.29, 0.717) is 18.0 Å². The SMILES string of the molecule is CCCOc1ccccc1NC(=O)n1ccnc1. The summed E-state index contributed by atoms with van der Waals surface area (Å²) < 4.78 is 6.94. The summed E-state index contributed by atoms with van der Waals surface area (Å²) in [6.07, 6.45) is 5.51. The van der Waals surface area contributed by atoms with Crippen LogP contribution >= 0.6 is 0 Å². The molecule has 1 amide bonds. The van der Waals surface area contributed by atoms with Gasteiger partial charge in [-0.1, -0.05) is 19.1 Å². The lowest BCUT2D eigenvalue weighted by molar-refractivity contribution is 0.253. The number of benzene rings is 1. The molecule has 1 N–H and O–H groups in total. The highest BCUT2D eigenvalue weighted by Gasteiger charge is 2.08. The summed E-state index contributed by atoms with van der Waals surface area (Å²) >= 11 is 0. The van der Waals surface area contributed by atoms with E-state index in [0.717, 1.165) is 6.42 Å². The molecule has 0 saturated heterocycles. The lowest BCUT2D eigenvalue weighted by Crippen LogP contribution is -2.18. The first-order valence-electron chi connectivity index (χ1n) is 5.82. The third kappa shape index (κ3) is 2.88. The molecule has 18 heavy (non-hydrogen) atoms. The molecule has 1 heterocycles. The monoisotopic (exact) mass is 245 g/mol. The van der Waals surface area contributed by atoms with E-state index >= 15 is 0 Å². The average Bonchev–Trinajstić information content (AvgIpc) is 2.91. The summed E-state index contributed by atoms with van der Waals surface area (Å²) in [4.78, 5) is 15.7. The number of para-hydroxylation sites is 2. The predicted octanol–water partition coefficient (Wildman–Crippen LogP) is 2.75. The van der Waals surface area contributed by atoms with Crippen LogP contribution in [0.1, 0.15) is 13.3 Å². The van der Waals surface area contributed by atoms with Gasteiger partial charge in [-0.2, -0.15) is 0 Å². The molecule has 1 aromatic carbocycles. The van der Waals surface area contributed by atoms with E-state index < -0.39 is 0 Å². The van der Waals surface area contributed by atoms with Crippen LogP contribution in [0.2, 0.25) is 0 Å². The summed E-state index contributed by atoms with van der Waals surface area (Å²) in [6.45, 7) is 2.66. The molecule has 0 fully saturated rings. The smallest absolute Gasteiger partial charge is 0.331 e. The van der Waals surface area contributed by atoms with E-state index in [1.807, 2.05) is 25.1 Å². The number of nitrogens with one attached hydrogen (secondary N) is 1. The van der Waals surface area contributed by atoms with Crippen molar-refractivity contribution in [2.45, 2.75) is 13.3 Å². The molecular weight excluding hydrogens is 230 g/mol. The highest BCUT2D eigenvalue weighted by Crippen LogP contribution is 2.23. The highest BCUT2D eigenvalue weighted by molar-refractivity contribution is 5.92. The molecule has 0 radical (unpaired) electrons. The molecule has 2 rings (SSSR count). The maximum atomic E-state index is 11.9. The maximum absolute atomic E-state index is 11.9. The zero-order valence-corrected chi connectivity index (χ0v) is 10.2. The van der Waals surface area contributed by atoms with Gasteiger partial charge in [0.05, 0.1) is 12.3 Å². The van der Waals surface area contributed by atoms with Gasteiger partial charge in [0.25, 0.3) is 0 Å². The second-order valence-corrected chi connectivity index (χ2v) is 3.74. The molecule has 5 nitrogen and oxygen atoms in total. The quantitative estimate of drug-likeness (QED) is 0.901. The van der Waals surface area contributed by atoms with Crippen molar-refractivity contribution >= 4 is 11.7 Å². The van der Waals surface area contributed by atoms with Gasteiger partial charge in [-0.3, -0.25) is 4.57 Å². The fraction of sp³-hybridized carbons (Fsp3) is 0.231. The molecule has 0 unspecified atom stereocenters. The number of aromatic nitrogens is 2. The van der Waals surface area contributed by atoms with Gasteiger partial charge in [-0.05, 0) is 18.6 Å². The molecule has 5 heteroatoms. The third-order valence-electron chi connectivity index (χ3n) is 2.33. The summed E-state index contributed by atoms with van der Waals surface area (Å²) in [6, 6.07) is 7.10. The van der Waals surface area contributed by atoms with E-state index in [1.54, 1.807) is 18.5 Å². The van der Waals surface area contributed by atoms with E-state index in [1.165, 1.54) is 10.9 Å². The van der Waals surface area contributed by atoms with Crippen LogP contribution < -0.4 is 10.1 Å². The van der Waals surface area contributed by atoms with Crippen LogP contribution in [0.3, 0.4) is 0 Å². The van der Waals surface area contributed by atoms with Gasteiger partial charge in [0.2, 0.25) is 0 Å². The van der Waals surface area contributed by atoms with Crippen molar-refractivity contribution < 1.29 is 9.53 Å². The first-order valence-corrected chi connectivity index (χ1v) is 5.82. The van der Waals surface area contributed by atoms with E-state index in [2.05, 4.69) is 10.3 Å². The summed E-state index contributed by atoms with van der Waals surface area (Å²) in [7, 11) is 0. The van der Waals surface area contributed by atoms with Crippen molar-refractivity contribution in [3.63, 3.8) is 0 Å². The van der Waals surface area contributed by atoms with E-state index in [-0.39, 0.29) is 6.03 Å². The number of carbonyl (C=O) groups is 1. The topological polar surface area (TPSA) is 56.1 Å². The second kappa shape index (κ2) is 5.86. The molecule has 1 aromatic heterocycles. The molecule has 0 aliphatic heterocycles. The number of imidazole rings is 1. The number of amides is 1. The number of hydrogen-bond acceptors (Lipinski definition) is 3. The zero-order chi connectivity index (χ0) is 12.8. The Bertz CT molecular complexity index is 509.